The summed E-state index contributed by atoms with van der Waals surface area (Å²) >= 11 is 3.52. The summed E-state index contributed by atoms with van der Waals surface area (Å²) in [4.78, 5) is 8.80. The minimum Gasteiger partial charge on any atom is -0.405 e. The Balaban J connectivity index is 0.000000146. The van der Waals surface area contributed by atoms with Crippen LogP contribution in [0.15, 0.2) is 38.7 Å². The molecular formula is C36H52B3BrN2O6. The first kappa shape index (κ1) is 37.5. The van der Waals surface area contributed by atoms with E-state index in [1.807, 2.05) is 67.8 Å². The van der Waals surface area contributed by atoms with E-state index in [-0.39, 0.29) is 40.7 Å². The molecule has 0 atom stereocenters. The Morgan fingerprint density at radius 2 is 0.875 bits per heavy atom. The fourth-order valence-corrected chi connectivity index (χ4v) is 6.30. The average Bonchev–Trinajstić information content (AvgIpc) is 3.74. The SMILES string of the molecule is CC1(C)OB(B2OC(C)(C)C(C)(C)O2)OC1(C)C.Cc1ccc2c(c1B1OC(C)(C)C(C)(C)O1)N=CC2.Cc1ccc2c(c1Br)N=CC2. The van der Waals surface area contributed by atoms with Crippen LogP contribution >= 0.6 is 15.9 Å². The monoisotopic (exact) mass is 720 g/mol. The molecule has 0 saturated carbocycles. The summed E-state index contributed by atoms with van der Waals surface area (Å²) in [5.74, 6) is 0. The molecule has 8 nitrogen and oxygen atoms in total. The molecule has 3 saturated heterocycles. The Kier molecular flexibility index (Phi) is 9.96. The normalized spacial score (nSPS) is 24.2. The van der Waals surface area contributed by atoms with E-state index in [0.717, 1.165) is 34.2 Å². The molecule has 2 aromatic rings. The first-order valence-corrected chi connectivity index (χ1v) is 17.8. The van der Waals surface area contributed by atoms with Gasteiger partial charge in [0.25, 0.3) is 0 Å². The topological polar surface area (TPSA) is 80.1 Å². The van der Waals surface area contributed by atoms with Crippen LogP contribution in [0.1, 0.15) is 105 Å². The highest BCUT2D eigenvalue weighted by molar-refractivity contribution is 9.10. The van der Waals surface area contributed by atoms with Gasteiger partial charge in [0, 0.05) is 35.2 Å². The second kappa shape index (κ2) is 12.8. The van der Waals surface area contributed by atoms with E-state index in [2.05, 4.69) is 91.7 Å². The van der Waals surface area contributed by atoms with E-state index in [1.54, 1.807) is 0 Å². The Labute approximate surface area is 297 Å². The van der Waals surface area contributed by atoms with Crippen molar-refractivity contribution in [3.8, 4) is 0 Å². The summed E-state index contributed by atoms with van der Waals surface area (Å²) < 4.78 is 37.3. The first-order chi connectivity index (χ1) is 22.0. The fraction of sp³-hybridized carbons (Fsp3) is 0.611. The van der Waals surface area contributed by atoms with Gasteiger partial charge in [-0.25, -0.2) is 0 Å². The molecule has 0 N–H and O–H groups in total. The van der Waals surface area contributed by atoms with Crippen LogP contribution in [0.3, 0.4) is 0 Å². The number of nitrogens with zero attached hydrogens (tertiary/aromatic N) is 2. The van der Waals surface area contributed by atoms with Gasteiger partial charge in [0.15, 0.2) is 0 Å². The maximum absolute atomic E-state index is 6.16. The summed E-state index contributed by atoms with van der Waals surface area (Å²) in [6.07, 6.45) is 5.80. The van der Waals surface area contributed by atoms with Gasteiger partial charge in [-0.2, -0.15) is 0 Å². The molecule has 0 aromatic heterocycles. The number of fused-ring (bicyclic) bond motifs is 2. The molecular weight excluding hydrogens is 669 g/mol. The fourth-order valence-electron chi connectivity index (χ4n) is 5.81. The number of aryl methyl sites for hydroxylation is 2. The molecule has 0 bridgehead atoms. The summed E-state index contributed by atoms with van der Waals surface area (Å²) in [6, 6.07) is 8.54. The van der Waals surface area contributed by atoms with Gasteiger partial charge in [0.2, 0.25) is 0 Å². The number of halogens is 1. The molecule has 0 unspecified atom stereocenters. The minimum atomic E-state index is -0.476. The second-order valence-electron chi connectivity index (χ2n) is 16.4. The molecule has 0 spiro atoms. The Morgan fingerprint density at radius 1 is 0.521 bits per heavy atom. The standard InChI is InChI=1S/C15H20BNO2.C12H24B2O4.C9H8BrN/c1-10-6-7-11-8-9-17-13(11)12(10)16-18-14(2,3)15(4,5)19-16;1-9(2)10(3,4)16-13(15-9)14-17-11(5,6)12(7,8)18-14;1-6-2-3-7-4-5-11-9(7)8(6)10/h6-7,9H,8H2,1-5H3;1-8H3;2-3,5H,4H2,1H3. The van der Waals surface area contributed by atoms with Crippen LogP contribution in [0.25, 0.3) is 0 Å². The zero-order valence-corrected chi connectivity index (χ0v) is 32.9. The summed E-state index contributed by atoms with van der Waals surface area (Å²) in [5.41, 5.74) is 6.19. The van der Waals surface area contributed by atoms with Gasteiger partial charge < -0.3 is 27.9 Å². The molecule has 5 aliphatic rings. The van der Waals surface area contributed by atoms with Gasteiger partial charge in [-0.05, 0) is 135 Å². The average molecular weight is 721 g/mol. The molecule has 5 aliphatic heterocycles. The lowest BCUT2D eigenvalue weighted by Gasteiger charge is -2.32. The molecule has 3 fully saturated rings. The maximum atomic E-state index is 6.16. The van der Waals surface area contributed by atoms with Crippen LogP contribution in [0.5, 0.6) is 0 Å². The molecule has 0 radical (unpaired) electrons. The van der Waals surface area contributed by atoms with Crippen molar-refractivity contribution in [3.05, 3.63) is 51.0 Å². The molecule has 0 amide bonds. The van der Waals surface area contributed by atoms with Crippen molar-refractivity contribution >= 4 is 66.3 Å². The third-order valence-electron chi connectivity index (χ3n) is 11.2. The van der Waals surface area contributed by atoms with Crippen LogP contribution in [0.2, 0.25) is 0 Å². The summed E-state index contributed by atoms with van der Waals surface area (Å²) in [6.45, 7) is 28.7. The van der Waals surface area contributed by atoms with Gasteiger partial charge in [0.1, 0.15) is 0 Å². The van der Waals surface area contributed by atoms with E-state index in [4.69, 9.17) is 27.9 Å². The molecule has 48 heavy (non-hydrogen) atoms. The highest BCUT2D eigenvalue weighted by Gasteiger charge is 2.63. The quantitative estimate of drug-likeness (QED) is 0.295. The third-order valence-corrected chi connectivity index (χ3v) is 12.2. The van der Waals surface area contributed by atoms with E-state index in [1.165, 1.54) is 22.3 Å². The van der Waals surface area contributed by atoms with Crippen LogP contribution in [-0.2, 0) is 40.8 Å². The largest absolute Gasteiger partial charge is 0.497 e. The van der Waals surface area contributed by atoms with E-state index in [0.29, 0.717) is 0 Å². The van der Waals surface area contributed by atoms with Crippen molar-refractivity contribution in [1.82, 2.24) is 0 Å². The summed E-state index contributed by atoms with van der Waals surface area (Å²) in [5, 5.41) is 0. The second-order valence-corrected chi connectivity index (χ2v) is 17.2. The van der Waals surface area contributed by atoms with E-state index < -0.39 is 14.0 Å². The van der Waals surface area contributed by atoms with Crippen molar-refractivity contribution in [1.29, 1.82) is 0 Å². The number of aliphatic imine (C=N–C) groups is 2. The van der Waals surface area contributed by atoms with Gasteiger partial charge >= 0.3 is 21.1 Å². The van der Waals surface area contributed by atoms with Crippen molar-refractivity contribution in [2.24, 2.45) is 9.98 Å². The Bertz CT molecular complexity index is 1540. The van der Waals surface area contributed by atoms with Gasteiger partial charge in [-0.3, -0.25) is 9.98 Å². The molecule has 0 aliphatic carbocycles. The maximum Gasteiger partial charge on any atom is 0.497 e. The molecule has 2 aromatic carbocycles. The van der Waals surface area contributed by atoms with Gasteiger partial charge in [-0.15, -0.1) is 0 Å². The number of hydrogen-bond acceptors (Lipinski definition) is 8. The number of hydrogen-bond donors (Lipinski definition) is 0. The van der Waals surface area contributed by atoms with Crippen molar-refractivity contribution in [3.63, 3.8) is 0 Å². The summed E-state index contributed by atoms with van der Waals surface area (Å²) in [7, 11) is -1.28. The number of benzene rings is 2. The molecule has 5 heterocycles. The van der Waals surface area contributed by atoms with Crippen LogP contribution in [0.4, 0.5) is 11.4 Å². The lowest BCUT2D eigenvalue weighted by atomic mass is 9.49. The van der Waals surface area contributed by atoms with Crippen molar-refractivity contribution < 1.29 is 27.9 Å². The predicted molar refractivity (Wildman–Crippen MR) is 202 cm³/mol. The van der Waals surface area contributed by atoms with Crippen LogP contribution < -0.4 is 5.46 Å². The third kappa shape index (κ3) is 6.92. The highest BCUT2D eigenvalue weighted by Crippen LogP contribution is 2.43. The van der Waals surface area contributed by atoms with E-state index >= 15 is 0 Å². The van der Waals surface area contributed by atoms with E-state index in [9.17, 15) is 0 Å². The van der Waals surface area contributed by atoms with Crippen molar-refractivity contribution in [2.45, 2.75) is 143 Å². The molecule has 7 rings (SSSR count). The smallest absolute Gasteiger partial charge is 0.405 e. The van der Waals surface area contributed by atoms with Gasteiger partial charge in [-0.1, -0.05) is 24.3 Å². The Morgan fingerprint density at radius 3 is 1.31 bits per heavy atom. The van der Waals surface area contributed by atoms with Crippen LogP contribution in [-0.4, -0.2) is 67.2 Å². The molecule has 12 heteroatoms. The minimum absolute atomic E-state index is 0.310. The molecule has 258 valence electrons. The van der Waals surface area contributed by atoms with Crippen molar-refractivity contribution in [2.75, 3.05) is 0 Å². The highest BCUT2D eigenvalue weighted by atomic mass is 79.9. The lowest BCUT2D eigenvalue weighted by Crippen LogP contribution is -2.41. The van der Waals surface area contributed by atoms with Gasteiger partial charge in [0.05, 0.1) is 45.0 Å². The zero-order chi connectivity index (χ0) is 35.7. The number of rotatable bonds is 2. The first-order valence-electron chi connectivity index (χ1n) is 17.0. The van der Waals surface area contributed by atoms with Crippen LogP contribution in [0, 0.1) is 13.8 Å². The lowest BCUT2D eigenvalue weighted by molar-refractivity contribution is 0.00578. The predicted octanol–water partition coefficient (Wildman–Crippen LogP) is 7.82. The zero-order valence-electron chi connectivity index (χ0n) is 31.3. The Hall–Kier alpha value is -1.79.